The molecule has 1 saturated heterocycles. The van der Waals surface area contributed by atoms with Crippen LogP contribution in [0, 0.1) is 11.8 Å². The van der Waals surface area contributed by atoms with E-state index in [-0.39, 0.29) is 24.3 Å². The van der Waals surface area contributed by atoms with Crippen LogP contribution in [0.4, 0.5) is 0 Å². The zero-order valence-corrected chi connectivity index (χ0v) is 21.8. The maximum Gasteiger partial charge on any atom is 0.223 e. The lowest BCUT2D eigenvalue weighted by Crippen LogP contribution is -2.38. The number of amides is 1. The van der Waals surface area contributed by atoms with Crippen molar-refractivity contribution in [2.45, 2.75) is 91.4 Å². The summed E-state index contributed by atoms with van der Waals surface area (Å²) < 4.78 is 0. The highest BCUT2D eigenvalue weighted by Crippen LogP contribution is 2.16. The predicted octanol–water partition coefficient (Wildman–Crippen LogP) is 6.38. The molecule has 0 atom stereocenters. The van der Waals surface area contributed by atoms with E-state index in [0.717, 1.165) is 43.6 Å². The summed E-state index contributed by atoms with van der Waals surface area (Å²) in [5, 5.41) is 10.6. The van der Waals surface area contributed by atoms with Gasteiger partial charge in [0.15, 0.2) is 0 Å². The number of piperidine rings is 1. The van der Waals surface area contributed by atoms with Crippen molar-refractivity contribution in [3.63, 3.8) is 0 Å². The fraction of sp³-hybridized carbons (Fsp3) is 0.655. The van der Waals surface area contributed by atoms with Crippen LogP contribution >= 0.6 is 0 Å². The highest BCUT2D eigenvalue weighted by atomic mass is 16.6. The number of nitrogens with zero attached hydrogens (tertiary/aromatic N) is 1. The molecule has 1 fully saturated rings. The van der Waals surface area contributed by atoms with Gasteiger partial charge in [0.2, 0.25) is 5.91 Å². The Bertz CT molecular complexity index is 749. The molecule has 1 heterocycles. The van der Waals surface area contributed by atoms with E-state index in [4.69, 9.17) is 4.84 Å². The first-order valence-electron chi connectivity index (χ1n) is 13.5. The molecule has 1 aliphatic rings. The molecular formula is C29H47N3O2. The van der Waals surface area contributed by atoms with Crippen molar-refractivity contribution in [3.05, 3.63) is 47.7 Å². The van der Waals surface area contributed by atoms with Crippen molar-refractivity contribution >= 4 is 11.6 Å². The zero-order chi connectivity index (χ0) is 24.6. The maximum atomic E-state index is 12.3. The molecule has 2 N–H and O–H groups in total. The lowest BCUT2D eigenvalue weighted by Gasteiger charge is -2.21. The molecule has 0 aromatic heterocycles. The maximum absolute atomic E-state index is 12.3. The number of aryl methyl sites for hydroxylation is 1. The number of unbranched alkanes of at least 4 members (excludes halogenated alkanes) is 7. The zero-order valence-electron chi connectivity index (χ0n) is 21.8. The minimum Gasteiger partial charge on any atom is -0.360 e. The van der Waals surface area contributed by atoms with E-state index in [9.17, 15) is 4.79 Å². The second kappa shape index (κ2) is 16.5. The van der Waals surface area contributed by atoms with Crippen molar-refractivity contribution in [3.8, 4) is 0 Å². The number of oxime groups is 1. The Labute approximate surface area is 207 Å². The van der Waals surface area contributed by atoms with Gasteiger partial charge in [0.05, 0.1) is 12.3 Å². The molecule has 0 spiro atoms. The van der Waals surface area contributed by atoms with E-state index in [1.807, 2.05) is 0 Å². The fourth-order valence-electron chi connectivity index (χ4n) is 4.36. The van der Waals surface area contributed by atoms with Crippen molar-refractivity contribution in [2.75, 3.05) is 19.6 Å². The molecule has 2 rings (SSSR count). The Morgan fingerprint density at radius 2 is 1.68 bits per heavy atom. The molecule has 1 amide bonds. The summed E-state index contributed by atoms with van der Waals surface area (Å²) >= 11 is 0. The average Bonchev–Trinajstić information content (AvgIpc) is 2.85. The molecule has 34 heavy (non-hydrogen) atoms. The van der Waals surface area contributed by atoms with Gasteiger partial charge in [0.25, 0.3) is 0 Å². The number of benzene rings is 1. The fourth-order valence-corrected chi connectivity index (χ4v) is 4.36. The van der Waals surface area contributed by atoms with Crippen molar-refractivity contribution < 1.29 is 9.63 Å². The minimum atomic E-state index is 0.0754. The number of rotatable bonds is 16. The summed E-state index contributed by atoms with van der Waals surface area (Å²) in [7, 11) is 0. The van der Waals surface area contributed by atoms with Crippen LogP contribution in [-0.4, -0.2) is 31.3 Å². The van der Waals surface area contributed by atoms with Crippen LogP contribution < -0.4 is 10.6 Å². The van der Waals surface area contributed by atoms with Gasteiger partial charge in [0, 0.05) is 5.92 Å². The number of carbonyl (C=O) groups is 1. The Morgan fingerprint density at radius 3 is 2.29 bits per heavy atom. The number of carbonyl (C=O) groups excluding carboxylic acids is 1. The van der Waals surface area contributed by atoms with Crippen molar-refractivity contribution in [1.82, 2.24) is 10.6 Å². The van der Waals surface area contributed by atoms with E-state index in [1.165, 1.54) is 56.9 Å². The molecule has 1 aromatic carbocycles. The van der Waals surface area contributed by atoms with Crippen molar-refractivity contribution in [2.24, 2.45) is 17.0 Å². The first kappa shape index (κ1) is 28.1. The first-order chi connectivity index (χ1) is 16.5. The third-order valence-corrected chi connectivity index (χ3v) is 6.56. The third-order valence-electron chi connectivity index (χ3n) is 6.56. The summed E-state index contributed by atoms with van der Waals surface area (Å²) in [4.78, 5) is 17.9. The van der Waals surface area contributed by atoms with Crippen LogP contribution in [0.5, 0.6) is 0 Å². The summed E-state index contributed by atoms with van der Waals surface area (Å²) in [6, 6.07) is 8.71. The molecule has 5 heteroatoms. The molecule has 0 radical (unpaired) electrons. The topological polar surface area (TPSA) is 62.7 Å². The quantitative estimate of drug-likeness (QED) is 0.128. The summed E-state index contributed by atoms with van der Waals surface area (Å²) in [6.07, 6.45) is 13.7. The minimum absolute atomic E-state index is 0.0754. The Balaban J connectivity index is 1.75. The van der Waals surface area contributed by atoms with Crippen LogP contribution in [0.25, 0.3) is 0 Å². The largest absolute Gasteiger partial charge is 0.360 e. The van der Waals surface area contributed by atoms with E-state index in [1.54, 1.807) is 0 Å². The van der Waals surface area contributed by atoms with E-state index < -0.39 is 0 Å². The standard InChI is InChI=1S/C29H47N3O2/c1-5-6-7-8-9-10-11-12-13-25-14-16-26(17-15-25)28(23(2)3)32-34-24(4)22-31-29(33)27-18-20-30-21-19-27/h14-17,23,27,30H,4-13,18-22H2,1-3H3,(H,31,33)/b32-28+. The Morgan fingerprint density at radius 1 is 1.06 bits per heavy atom. The number of hydrogen-bond acceptors (Lipinski definition) is 4. The second-order valence-electron chi connectivity index (χ2n) is 9.93. The average molecular weight is 470 g/mol. The lowest BCUT2D eigenvalue weighted by atomic mass is 9.97. The van der Waals surface area contributed by atoms with Crippen molar-refractivity contribution in [1.29, 1.82) is 0 Å². The van der Waals surface area contributed by atoms with E-state index >= 15 is 0 Å². The van der Waals surface area contributed by atoms with E-state index in [0.29, 0.717) is 5.76 Å². The van der Waals surface area contributed by atoms with Gasteiger partial charge < -0.3 is 15.5 Å². The SMILES string of the molecule is C=C(CNC(=O)C1CCNCC1)O/N=C(/c1ccc(CCCCCCCCCC)cc1)C(C)C. The number of nitrogens with one attached hydrogen (secondary N) is 2. The van der Waals surface area contributed by atoms with Crippen LogP contribution in [0.2, 0.25) is 0 Å². The molecule has 5 nitrogen and oxygen atoms in total. The number of hydrogen-bond donors (Lipinski definition) is 2. The van der Waals surface area contributed by atoms with Gasteiger partial charge in [-0.15, -0.1) is 0 Å². The van der Waals surface area contributed by atoms with Crippen LogP contribution in [0.1, 0.15) is 96.1 Å². The molecule has 1 aromatic rings. The van der Waals surface area contributed by atoms with Crippen LogP contribution in [0.15, 0.2) is 41.8 Å². The lowest BCUT2D eigenvalue weighted by molar-refractivity contribution is -0.125. The van der Waals surface area contributed by atoms with Gasteiger partial charge in [-0.1, -0.05) is 102 Å². The molecule has 0 aliphatic carbocycles. The summed E-state index contributed by atoms with van der Waals surface area (Å²) in [6.45, 7) is 12.5. The van der Waals surface area contributed by atoms with Gasteiger partial charge >= 0.3 is 0 Å². The molecule has 0 unspecified atom stereocenters. The molecule has 0 bridgehead atoms. The van der Waals surface area contributed by atoms with Gasteiger partial charge in [-0.3, -0.25) is 4.79 Å². The highest BCUT2D eigenvalue weighted by molar-refractivity contribution is 6.01. The summed E-state index contributed by atoms with van der Waals surface area (Å²) in [5.74, 6) is 0.821. The predicted molar refractivity (Wildman–Crippen MR) is 143 cm³/mol. The Kier molecular flexibility index (Phi) is 13.6. The van der Waals surface area contributed by atoms with Gasteiger partial charge in [-0.2, -0.15) is 0 Å². The second-order valence-corrected chi connectivity index (χ2v) is 9.93. The smallest absolute Gasteiger partial charge is 0.223 e. The van der Waals surface area contributed by atoms with Gasteiger partial charge in [-0.05, 0) is 55.8 Å². The monoisotopic (exact) mass is 469 g/mol. The highest BCUT2D eigenvalue weighted by Gasteiger charge is 2.20. The van der Waals surface area contributed by atoms with Crippen LogP contribution in [-0.2, 0) is 16.1 Å². The molecule has 190 valence electrons. The van der Waals surface area contributed by atoms with Crippen LogP contribution in [0.3, 0.4) is 0 Å². The van der Waals surface area contributed by atoms with Gasteiger partial charge in [0.1, 0.15) is 5.76 Å². The molecule has 0 saturated carbocycles. The first-order valence-corrected chi connectivity index (χ1v) is 13.5. The Hall–Kier alpha value is -2.14. The normalized spacial score (nSPS) is 14.9. The summed E-state index contributed by atoms with van der Waals surface area (Å²) in [5.41, 5.74) is 3.34. The molecular weight excluding hydrogens is 422 g/mol. The van der Waals surface area contributed by atoms with E-state index in [2.05, 4.69) is 67.4 Å². The van der Waals surface area contributed by atoms with Gasteiger partial charge in [-0.25, -0.2) is 0 Å². The third kappa shape index (κ3) is 10.9. The molecule has 1 aliphatic heterocycles.